The third-order valence-electron chi connectivity index (χ3n) is 2.90. The minimum atomic E-state index is -3.33. The maximum absolute atomic E-state index is 11.9. The molecule has 0 saturated carbocycles. The van der Waals surface area contributed by atoms with E-state index in [9.17, 15) is 13.5 Å². The van der Waals surface area contributed by atoms with Crippen molar-refractivity contribution < 1.29 is 13.5 Å². The smallest absolute Gasteiger partial charge is 0.155 e. The summed E-state index contributed by atoms with van der Waals surface area (Å²) in [6.07, 6.45) is -0.805. The number of benzene rings is 1. The van der Waals surface area contributed by atoms with E-state index in [4.69, 9.17) is 23.2 Å². The summed E-state index contributed by atoms with van der Waals surface area (Å²) in [6, 6.07) is 4.63. The van der Waals surface area contributed by atoms with Gasteiger partial charge in [0.2, 0.25) is 0 Å². The molecule has 0 radical (unpaired) electrons. The molecule has 1 aromatic rings. The van der Waals surface area contributed by atoms with Gasteiger partial charge in [-0.3, -0.25) is 0 Å². The lowest BCUT2D eigenvalue weighted by Gasteiger charge is -2.22. The fourth-order valence-electron chi connectivity index (χ4n) is 1.83. The van der Waals surface area contributed by atoms with Crippen molar-refractivity contribution in [2.24, 2.45) is 0 Å². The predicted molar refractivity (Wildman–Crippen MR) is 75.0 cm³/mol. The third-order valence-corrected chi connectivity index (χ3v) is 5.78. The second kappa shape index (κ2) is 6.24. The Kier molecular flexibility index (Phi) is 5.46. The highest BCUT2D eigenvalue weighted by Gasteiger charge is 2.31. The fraction of sp³-hybridized carbons (Fsp3) is 0.500. The van der Waals surface area contributed by atoms with Crippen LogP contribution in [-0.4, -0.2) is 24.5 Å². The van der Waals surface area contributed by atoms with E-state index in [-0.39, 0.29) is 10.8 Å². The zero-order valence-electron chi connectivity index (χ0n) is 10.2. The Bertz CT molecular complexity index is 514. The molecule has 0 amide bonds. The van der Waals surface area contributed by atoms with Gasteiger partial charge in [0.05, 0.1) is 11.4 Å². The van der Waals surface area contributed by atoms with Crippen LogP contribution in [0.4, 0.5) is 0 Å². The molecule has 1 N–H and O–H groups in total. The van der Waals surface area contributed by atoms with E-state index >= 15 is 0 Å². The molecule has 0 aliphatic carbocycles. The van der Waals surface area contributed by atoms with Gasteiger partial charge in [0, 0.05) is 21.4 Å². The Labute approximate surface area is 118 Å². The lowest BCUT2D eigenvalue weighted by molar-refractivity contribution is 0.169. The van der Waals surface area contributed by atoms with E-state index in [2.05, 4.69) is 0 Å². The van der Waals surface area contributed by atoms with E-state index in [1.54, 1.807) is 26.0 Å². The van der Waals surface area contributed by atoms with Crippen LogP contribution in [0.25, 0.3) is 0 Å². The van der Waals surface area contributed by atoms with Crippen molar-refractivity contribution in [3.05, 3.63) is 33.8 Å². The summed E-state index contributed by atoms with van der Waals surface area (Å²) >= 11 is 11.7. The van der Waals surface area contributed by atoms with Crippen molar-refractivity contribution in [2.45, 2.75) is 31.6 Å². The summed E-state index contributed by atoms with van der Waals surface area (Å²) in [4.78, 5) is 0. The van der Waals surface area contributed by atoms with E-state index < -0.39 is 21.2 Å². The van der Waals surface area contributed by atoms with Gasteiger partial charge in [-0.25, -0.2) is 8.42 Å². The highest BCUT2D eigenvalue weighted by Crippen LogP contribution is 2.31. The summed E-state index contributed by atoms with van der Waals surface area (Å²) in [5, 5.41) is 10.1. The number of sulfone groups is 1. The Hall–Kier alpha value is -0.290. The Morgan fingerprint density at radius 3 is 2.33 bits per heavy atom. The van der Waals surface area contributed by atoms with Gasteiger partial charge >= 0.3 is 0 Å². The molecule has 2 atom stereocenters. The Morgan fingerprint density at radius 2 is 1.89 bits per heavy atom. The molecule has 0 saturated heterocycles. The molecule has 0 unspecified atom stereocenters. The average molecular weight is 311 g/mol. The molecule has 1 aromatic carbocycles. The first kappa shape index (κ1) is 15.8. The van der Waals surface area contributed by atoms with Gasteiger partial charge in [-0.2, -0.15) is 0 Å². The van der Waals surface area contributed by atoms with Crippen LogP contribution in [0.1, 0.15) is 31.9 Å². The van der Waals surface area contributed by atoms with Crippen LogP contribution in [0.5, 0.6) is 0 Å². The molecular weight excluding hydrogens is 295 g/mol. The molecule has 0 fully saturated rings. The maximum atomic E-state index is 11.9. The van der Waals surface area contributed by atoms with Gasteiger partial charge in [0.15, 0.2) is 9.84 Å². The van der Waals surface area contributed by atoms with E-state index in [0.29, 0.717) is 17.0 Å². The molecule has 18 heavy (non-hydrogen) atoms. The van der Waals surface area contributed by atoms with Crippen LogP contribution in [0.2, 0.25) is 10.0 Å². The van der Waals surface area contributed by atoms with Crippen LogP contribution in [0.3, 0.4) is 0 Å². The molecule has 0 heterocycles. The summed E-state index contributed by atoms with van der Waals surface area (Å²) in [5.74, 6) is -0.00618. The monoisotopic (exact) mass is 310 g/mol. The first-order chi connectivity index (χ1) is 8.33. The van der Waals surface area contributed by atoms with Crippen molar-refractivity contribution in [3.63, 3.8) is 0 Å². The average Bonchev–Trinajstić information content (AvgIpc) is 2.29. The van der Waals surface area contributed by atoms with Crippen LogP contribution in [-0.2, 0) is 9.84 Å². The fourth-order valence-corrected chi connectivity index (χ4v) is 3.82. The number of aliphatic hydroxyl groups excluding tert-OH is 1. The highest BCUT2D eigenvalue weighted by molar-refractivity contribution is 7.92. The van der Waals surface area contributed by atoms with Crippen LogP contribution < -0.4 is 0 Å². The van der Waals surface area contributed by atoms with Crippen molar-refractivity contribution in [2.75, 3.05) is 5.75 Å². The summed E-state index contributed by atoms with van der Waals surface area (Å²) in [7, 11) is -3.33. The maximum Gasteiger partial charge on any atom is 0.155 e. The number of halogens is 2. The van der Waals surface area contributed by atoms with E-state index in [1.807, 2.05) is 0 Å². The van der Waals surface area contributed by atoms with Gasteiger partial charge in [0.1, 0.15) is 0 Å². The minimum Gasteiger partial charge on any atom is -0.387 e. The molecule has 0 aliphatic rings. The Morgan fingerprint density at radius 1 is 1.28 bits per heavy atom. The lowest BCUT2D eigenvalue weighted by Crippen LogP contribution is -2.29. The molecule has 0 aromatic heterocycles. The third kappa shape index (κ3) is 3.38. The number of hydrogen-bond acceptors (Lipinski definition) is 3. The van der Waals surface area contributed by atoms with Crippen molar-refractivity contribution in [1.29, 1.82) is 0 Å². The second-order valence-corrected chi connectivity index (χ2v) is 7.36. The standard InChI is InChI=1S/C12H16Cl2O3S/c1-3-11(18(16,17)4-2)12(15)9-6-5-8(13)7-10(9)14/h5-7,11-12,15H,3-4H2,1-2H3/t11-,12-/m1/s1. The van der Waals surface area contributed by atoms with Gasteiger partial charge < -0.3 is 5.11 Å². The summed E-state index contributed by atoms with van der Waals surface area (Å²) in [5.41, 5.74) is 0.393. The summed E-state index contributed by atoms with van der Waals surface area (Å²) < 4.78 is 23.8. The van der Waals surface area contributed by atoms with Gasteiger partial charge in [-0.05, 0) is 18.6 Å². The van der Waals surface area contributed by atoms with Crippen molar-refractivity contribution >= 4 is 33.0 Å². The zero-order chi connectivity index (χ0) is 13.9. The number of rotatable bonds is 5. The van der Waals surface area contributed by atoms with Crippen molar-refractivity contribution in [1.82, 2.24) is 0 Å². The predicted octanol–water partition coefficient (Wildman–Crippen LogP) is 3.24. The van der Waals surface area contributed by atoms with Gasteiger partial charge in [-0.15, -0.1) is 0 Å². The largest absolute Gasteiger partial charge is 0.387 e. The first-order valence-corrected chi connectivity index (χ1v) is 8.15. The molecule has 102 valence electrons. The van der Waals surface area contributed by atoms with E-state index in [1.165, 1.54) is 6.07 Å². The van der Waals surface area contributed by atoms with E-state index in [0.717, 1.165) is 0 Å². The molecule has 0 bridgehead atoms. The van der Waals surface area contributed by atoms with Crippen LogP contribution in [0, 0.1) is 0 Å². The second-order valence-electron chi connectivity index (χ2n) is 4.01. The molecule has 3 nitrogen and oxygen atoms in total. The quantitative estimate of drug-likeness (QED) is 0.908. The number of aliphatic hydroxyl groups is 1. The Balaban J connectivity index is 3.15. The molecule has 6 heteroatoms. The van der Waals surface area contributed by atoms with Crippen molar-refractivity contribution in [3.8, 4) is 0 Å². The molecule has 1 rings (SSSR count). The van der Waals surface area contributed by atoms with Gasteiger partial charge in [-0.1, -0.05) is 43.1 Å². The molecular formula is C12H16Cl2O3S. The van der Waals surface area contributed by atoms with Crippen LogP contribution >= 0.6 is 23.2 Å². The summed E-state index contributed by atoms with van der Waals surface area (Å²) in [6.45, 7) is 3.29. The topological polar surface area (TPSA) is 54.4 Å². The molecule has 0 spiro atoms. The minimum absolute atomic E-state index is 0.00618. The zero-order valence-corrected chi connectivity index (χ0v) is 12.6. The normalized spacial score (nSPS) is 15.4. The lowest BCUT2D eigenvalue weighted by atomic mass is 10.0. The van der Waals surface area contributed by atoms with Gasteiger partial charge in [0.25, 0.3) is 0 Å². The highest BCUT2D eigenvalue weighted by atomic mass is 35.5. The number of hydrogen-bond donors (Lipinski definition) is 1. The first-order valence-electron chi connectivity index (χ1n) is 5.68. The SMILES string of the molecule is CC[C@H]([C@H](O)c1ccc(Cl)cc1Cl)S(=O)(=O)CC. The molecule has 0 aliphatic heterocycles. The van der Waals surface area contributed by atoms with Crippen LogP contribution in [0.15, 0.2) is 18.2 Å².